The minimum Gasteiger partial charge on any atom is -0.497 e. The predicted octanol–water partition coefficient (Wildman–Crippen LogP) is 5.25. The molecular formula is C23H27FN4OS. The molecule has 2 heterocycles. The molecule has 5 nitrogen and oxygen atoms in total. The standard InChI is InChI=1S/C23H27FN4OS/c1-17(27-13-4-3-5-14-27)22-25-26-23(28(22)20-11-9-19(24)10-12-20)30-16-18-7-6-8-21(15-18)29-2/h6-12,15,17H,3-5,13-14,16H2,1-2H3. The van der Waals surface area contributed by atoms with Crippen molar-refractivity contribution in [1.82, 2.24) is 19.7 Å². The van der Waals surface area contributed by atoms with Gasteiger partial charge in [-0.2, -0.15) is 0 Å². The van der Waals surface area contributed by atoms with E-state index in [9.17, 15) is 4.39 Å². The molecule has 0 aliphatic carbocycles. The molecule has 0 N–H and O–H groups in total. The van der Waals surface area contributed by atoms with Crippen LogP contribution in [0.1, 0.15) is 43.6 Å². The summed E-state index contributed by atoms with van der Waals surface area (Å²) in [7, 11) is 1.67. The van der Waals surface area contributed by atoms with Crippen LogP contribution in [-0.2, 0) is 5.75 Å². The smallest absolute Gasteiger partial charge is 0.196 e. The molecule has 30 heavy (non-hydrogen) atoms. The number of benzene rings is 2. The van der Waals surface area contributed by atoms with Crippen LogP contribution in [0.3, 0.4) is 0 Å². The average Bonchev–Trinajstić information content (AvgIpc) is 3.22. The molecule has 7 heteroatoms. The van der Waals surface area contributed by atoms with E-state index in [1.54, 1.807) is 31.0 Å². The third-order valence-corrected chi connectivity index (χ3v) is 6.56. The summed E-state index contributed by atoms with van der Waals surface area (Å²) in [6.45, 7) is 4.33. The summed E-state index contributed by atoms with van der Waals surface area (Å²) < 4.78 is 21.0. The molecular weight excluding hydrogens is 399 g/mol. The second kappa shape index (κ2) is 9.62. The lowest BCUT2D eigenvalue weighted by Gasteiger charge is -2.31. The van der Waals surface area contributed by atoms with E-state index in [1.807, 2.05) is 18.2 Å². The maximum atomic E-state index is 13.6. The lowest BCUT2D eigenvalue weighted by molar-refractivity contribution is 0.167. The first-order chi connectivity index (χ1) is 14.7. The van der Waals surface area contributed by atoms with Gasteiger partial charge in [0.1, 0.15) is 11.6 Å². The van der Waals surface area contributed by atoms with E-state index in [0.29, 0.717) is 0 Å². The van der Waals surface area contributed by atoms with Crippen molar-refractivity contribution in [1.29, 1.82) is 0 Å². The zero-order chi connectivity index (χ0) is 20.9. The van der Waals surface area contributed by atoms with Gasteiger partial charge in [0.2, 0.25) is 0 Å². The predicted molar refractivity (Wildman–Crippen MR) is 118 cm³/mol. The van der Waals surface area contributed by atoms with Crippen molar-refractivity contribution in [3.05, 3.63) is 65.7 Å². The molecule has 1 aliphatic rings. The monoisotopic (exact) mass is 426 g/mol. The SMILES string of the molecule is COc1cccc(CSc2nnc(C(C)N3CCCCC3)n2-c2ccc(F)cc2)c1. The molecule has 4 rings (SSSR count). The number of methoxy groups -OCH3 is 1. The van der Waals surface area contributed by atoms with Gasteiger partial charge in [0.15, 0.2) is 11.0 Å². The number of ether oxygens (including phenoxy) is 1. The van der Waals surface area contributed by atoms with Gasteiger partial charge in [-0.3, -0.25) is 9.47 Å². The number of nitrogens with zero attached hydrogens (tertiary/aromatic N) is 4. The van der Waals surface area contributed by atoms with Crippen LogP contribution in [0.25, 0.3) is 5.69 Å². The first kappa shape index (κ1) is 20.9. The molecule has 0 saturated carbocycles. The van der Waals surface area contributed by atoms with Crippen LogP contribution >= 0.6 is 11.8 Å². The van der Waals surface area contributed by atoms with Crippen LogP contribution in [0.15, 0.2) is 53.7 Å². The molecule has 1 fully saturated rings. The topological polar surface area (TPSA) is 43.2 Å². The van der Waals surface area contributed by atoms with Gasteiger partial charge >= 0.3 is 0 Å². The minimum atomic E-state index is -0.247. The first-order valence-corrected chi connectivity index (χ1v) is 11.4. The second-order valence-corrected chi connectivity index (χ2v) is 8.51. The van der Waals surface area contributed by atoms with Crippen molar-refractivity contribution in [2.45, 2.75) is 43.1 Å². The van der Waals surface area contributed by atoms with Crippen LogP contribution in [0.5, 0.6) is 5.75 Å². The summed E-state index contributed by atoms with van der Waals surface area (Å²) in [5.74, 6) is 2.24. The summed E-state index contributed by atoms with van der Waals surface area (Å²) in [4.78, 5) is 2.46. The van der Waals surface area contributed by atoms with E-state index < -0.39 is 0 Å². The quantitative estimate of drug-likeness (QED) is 0.483. The maximum Gasteiger partial charge on any atom is 0.196 e. The van der Waals surface area contributed by atoms with Crippen LogP contribution in [0, 0.1) is 5.82 Å². The Morgan fingerprint density at radius 1 is 1.07 bits per heavy atom. The molecule has 3 aromatic rings. The highest BCUT2D eigenvalue weighted by molar-refractivity contribution is 7.98. The Morgan fingerprint density at radius 2 is 1.83 bits per heavy atom. The van der Waals surface area contributed by atoms with Gasteiger partial charge in [0, 0.05) is 11.4 Å². The molecule has 1 saturated heterocycles. The third-order valence-electron chi connectivity index (χ3n) is 5.56. The zero-order valence-corrected chi connectivity index (χ0v) is 18.2. The molecule has 1 aromatic heterocycles. The Kier molecular flexibility index (Phi) is 6.69. The fourth-order valence-corrected chi connectivity index (χ4v) is 4.76. The van der Waals surface area contributed by atoms with Crippen molar-refractivity contribution in [3.8, 4) is 11.4 Å². The average molecular weight is 427 g/mol. The molecule has 0 spiro atoms. The van der Waals surface area contributed by atoms with E-state index >= 15 is 0 Å². The van der Waals surface area contributed by atoms with Crippen molar-refractivity contribution in [2.75, 3.05) is 20.2 Å². The number of likely N-dealkylation sites (tertiary alicyclic amines) is 1. The Balaban J connectivity index is 1.63. The summed E-state index contributed by atoms with van der Waals surface area (Å²) in [5, 5.41) is 9.89. The van der Waals surface area contributed by atoms with E-state index in [0.717, 1.165) is 46.8 Å². The second-order valence-electron chi connectivity index (χ2n) is 7.57. The van der Waals surface area contributed by atoms with Gasteiger partial charge in [-0.25, -0.2) is 4.39 Å². The van der Waals surface area contributed by atoms with Crippen LogP contribution in [-0.4, -0.2) is 39.9 Å². The lowest BCUT2D eigenvalue weighted by Crippen LogP contribution is -2.33. The summed E-state index contributed by atoms with van der Waals surface area (Å²) in [6.07, 6.45) is 3.72. The molecule has 1 unspecified atom stereocenters. The third kappa shape index (κ3) is 4.68. The highest BCUT2D eigenvalue weighted by Crippen LogP contribution is 2.31. The lowest BCUT2D eigenvalue weighted by atomic mass is 10.1. The van der Waals surface area contributed by atoms with Crippen LogP contribution < -0.4 is 4.74 Å². The summed E-state index contributed by atoms with van der Waals surface area (Å²) in [5.41, 5.74) is 2.03. The fraction of sp³-hybridized carbons (Fsp3) is 0.391. The minimum absolute atomic E-state index is 0.147. The number of hydrogen-bond acceptors (Lipinski definition) is 5. The van der Waals surface area contributed by atoms with E-state index in [4.69, 9.17) is 4.74 Å². The zero-order valence-electron chi connectivity index (χ0n) is 17.4. The van der Waals surface area contributed by atoms with Crippen molar-refractivity contribution in [3.63, 3.8) is 0 Å². The molecule has 1 atom stereocenters. The number of piperidine rings is 1. The normalized spacial score (nSPS) is 15.8. The Labute approximate surface area is 181 Å². The Morgan fingerprint density at radius 3 is 2.57 bits per heavy atom. The van der Waals surface area contributed by atoms with Crippen LogP contribution in [0.2, 0.25) is 0 Å². The Bertz CT molecular complexity index is 970. The largest absolute Gasteiger partial charge is 0.497 e. The van der Waals surface area contributed by atoms with Gasteiger partial charge < -0.3 is 4.74 Å². The molecule has 0 radical (unpaired) electrons. The molecule has 2 aromatic carbocycles. The van der Waals surface area contributed by atoms with Gasteiger partial charge in [-0.15, -0.1) is 10.2 Å². The van der Waals surface area contributed by atoms with Crippen molar-refractivity contribution < 1.29 is 9.13 Å². The van der Waals surface area contributed by atoms with Crippen molar-refractivity contribution >= 4 is 11.8 Å². The number of aromatic nitrogens is 3. The van der Waals surface area contributed by atoms with E-state index in [2.05, 4.69) is 32.7 Å². The highest BCUT2D eigenvalue weighted by atomic mass is 32.2. The van der Waals surface area contributed by atoms with E-state index in [1.165, 1.54) is 31.4 Å². The van der Waals surface area contributed by atoms with Gasteiger partial charge in [-0.1, -0.05) is 30.3 Å². The molecule has 158 valence electrons. The maximum absolute atomic E-state index is 13.6. The first-order valence-electron chi connectivity index (χ1n) is 10.4. The van der Waals surface area contributed by atoms with Crippen molar-refractivity contribution in [2.24, 2.45) is 0 Å². The number of thioether (sulfide) groups is 1. The molecule has 1 aliphatic heterocycles. The van der Waals surface area contributed by atoms with Gasteiger partial charge in [-0.05, 0) is 74.8 Å². The van der Waals surface area contributed by atoms with Gasteiger partial charge in [0.05, 0.1) is 13.2 Å². The highest BCUT2D eigenvalue weighted by Gasteiger charge is 2.25. The fourth-order valence-electron chi connectivity index (χ4n) is 3.86. The Hall–Kier alpha value is -2.38. The molecule has 0 bridgehead atoms. The number of hydrogen-bond donors (Lipinski definition) is 0. The summed E-state index contributed by atoms with van der Waals surface area (Å²) >= 11 is 1.62. The molecule has 0 amide bonds. The van der Waals surface area contributed by atoms with Crippen LogP contribution in [0.4, 0.5) is 4.39 Å². The van der Waals surface area contributed by atoms with Gasteiger partial charge in [0.25, 0.3) is 0 Å². The number of rotatable bonds is 7. The number of halogens is 1. The summed E-state index contributed by atoms with van der Waals surface area (Å²) in [6, 6.07) is 14.7. The van der Waals surface area contributed by atoms with E-state index in [-0.39, 0.29) is 11.9 Å².